The number of nitrogens with two attached hydrogens (primary N) is 1. The topological polar surface area (TPSA) is 182 Å². The number of carbonyl (C=O) groups excluding carboxylic acids is 3. The zero-order valence-corrected chi connectivity index (χ0v) is 20.7. The number of rotatable bonds is 12. The SMILES string of the molecule is CSCCC(NC(=O)C(NC(=O)C1CCCN1C(=O)C(N)Cc1ccc(O)cc1)C(C)O)C(=O)O. The quantitative estimate of drug-likeness (QED) is 0.215. The second kappa shape index (κ2) is 13.3. The van der Waals surface area contributed by atoms with Gasteiger partial charge in [-0.2, -0.15) is 11.8 Å². The van der Waals surface area contributed by atoms with E-state index >= 15 is 0 Å². The molecule has 0 spiro atoms. The summed E-state index contributed by atoms with van der Waals surface area (Å²) in [4.78, 5) is 51.5. The fourth-order valence-corrected chi connectivity index (χ4v) is 4.37. The number of aliphatic carboxylic acids is 1. The summed E-state index contributed by atoms with van der Waals surface area (Å²) >= 11 is 1.43. The second-order valence-corrected chi connectivity index (χ2v) is 9.56. The highest BCUT2D eigenvalue weighted by Crippen LogP contribution is 2.20. The van der Waals surface area contributed by atoms with Crippen LogP contribution >= 0.6 is 11.8 Å². The molecule has 1 aliphatic heterocycles. The molecular weight excluding hydrogens is 476 g/mol. The molecule has 5 unspecified atom stereocenters. The van der Waals surface area contributed by atoms with Crippen LogP contribution in [-0.2, 0) is 25.6 Å². The van der Waals surface area contributed by atoms with Gasteiger partial charge in [0, 0.05) is 6.54 Å². The minimum absolute atomic E-state index is 0.0977. The van der Waals surface area contributed by atoms with Crippen molar-refractivity contribution in [1.82, 2.24) is 15.5 Å². The summed E-state index contributed by atoms with van der Waals surface area (Å²) in [6.07, 6.45) is 1.85. The van der Waals surface area contributed by atoms with Crippen molar-refractivity contribution in [2.75, 3.05) is 18.6 Å². The summed E-state index contributed by atoms with van der Waals surface area (Å²) in [5.74, 6) is -2.46. The fourth-order valence-electron chi connectivity index (χ4n) is 3.90. The average Bonchev–Trinajstić information content (AvgIpc) is 3.30. The van der Waals surface area contributed by atoms with Gasteiger partial charge in [-0.1, -0.05) is 12.1 Å². The van der Waals surface area contributed by atoms with E-state index in [9.17, 15) is 34.5 Å². The molecule has 194 valence electrons. The fraction of sp³-hybridized carbons (Fsp3) is 0.565. The Bertz CT molecular complexity index is 896. The number of amides is 3. The number of aliphatic hydroxyl groups is 1. The number of nitrogens with zero attached hydrogens (tertiary/aromatic N) is 1. The summed E-state index contributed by atoms with van der Waals surface area (Å²) in [6.45, 7) is 1.63. The molecule has 2 rings (SSSR count). The number of phenols is 1. The Hall–Kier alpha value is -2.83. The molecule has 0 aromatic heterocycles. The highest BCUT2D eigenvalue weighted by atomic mass is 32.2. The van der Waals surface area contributed by atoms with E-state index in [1.54, 1.807) is 12.1 Å². The predicted molar refractivity (Wildman–Crippen MR) is 131 cm³/mol. The average molecular weight is 511 g/mol. The molecular formula is C23H34N4O7S. The molecule has 0 bridgehead atoms. The van der Waals surface area contributed by atoms with Crippen molar-refractivity contribution < 1.29 is 34.5 Å². The molecule has 7 N–H and O–H groups in total. The van der Waals surface area contributed by atoms with Gasteiger partial charge in [-0.3, -0.25) is 14.4 Å². The van der Waals surface area contributed by atoms with Crippen molar-refractivity contribution in [3.8, 4) is 5.75 Å². The van der Waals surface area contributed by atoms with Gasteiger partial charge in [-0.05, 0) is 62.3 Å². The largest absolute Gasteiger partial charge is 0.508 e. The van der Waals surface area contributed by atoms with Crippen LogP contribution in [0.2, 0.25) is 0 Å². The zero-order valence-electron chi connectivity index (χ0n) is 19.8. The molecule has 1 aromatic rings. The number of hydrogen-bond donors (Lipinski definition) is 6. The minimum atomic E-state index is -1.39. The Kier molecular flexibility index (Phi) is 10.8. The molecule has 1 saturated heterocycles. The van der Waals surface area contributed by atoms with Gasteiger partial charge in [0.1, 0.15) is 23.9 Å². The lowest BCUT2D eigenvalue weighted by atomic mass is 10.0. The summed E-state index contributed by atoms with van der Waals surface area (Å²) < 4.78 is 0. The van der Waals surface area contributed by atoms with Gasteiger partial charge in [0.2, 0.25) is 17.7 Å². The van der Waals surface area contributed by atoms with Crippen molar-refractivity contribution in [3.63, 3.8) is 0 Å². The van der Waals surface area contributed by atoms with Crippen LogP contribution in [0.5, 0.6) is 5.75 Å². The van der Waals surface area contributed by atoms with E-state index in [2.05, 4.69) is 10.6 Å². The molecule has 12 heteroatoms. The zero-order chi connectivity index (χ0) is 26.1. The van der Waals surface area contributed by atoms with Gasteiger partial charge in [0.15, 0.2) is 0 Å². The van der Waals surface area contributed by atoms with Gasteiger partial charge in [-0.15, -0.1) is 0 Å². The third-order valence-electron chi connectivity index (χ3n) is 5.84. The van der Waals surface area contributed by atoms with Crippen LogP contribution in [0, 0.1) is 0 Å². The number of hydrogen-bond acceptors (Lipinski definition) is 8. The number of carbonyl (C=O) groups is 4. The molecule has 0 radical (unpaired) electrons. The van der Waals surface area contributed by atoms with Gasteiger partial charge >= 0.3 is 5.97 Å². The summed E-state index contributed by atoms with van der Waals surface area (Å²) in [5, 5.41) is 33.7. The number of nitrogens with one attached hydrogen (secondary N) is 2. The first-order valence-electron chi connectivity index (χ1n) is 11.4. The normalized spacial score (nSPS) is 18.9. The van der Waals surface area contributed by atoms with Crippen LogP contribution in [0.15, 0.2) is 24.3 Å². The number of benzene rings is 1. The maximum absolute atomic E-state index is 13.0. The maximum Gasteiger partial charge on any atom is 0.326 e. The lowest BCUT2D eigenvalue weighted by molar-refractivity contribution is -0.144. The van der Waals surface area contributed by atoms with E-state index < -0.39 is 54.0 Å². The lowest BCUT2D eigenvalue weighted by Gasteiger charge is -2.29. The molecule has 35 heavy (non-hydrogen) atoms. The smallest absolute Gasteiger partial charge is 0.326 e. The Labute approximate surface area is 208 Å². The first-order valence-corrected chi connectivity index (χ1v) is 12.8. The molecule has 1 aromatic carbocycles. The maximum atomic E-state index is 13.0. The molecule has 1 heterocycles. The molecule has 0 aliphatic carbocycles. The number of thioether (sulfide) groups is 1. The van der Waals surface area contributed by atoms with E-state index in [1.165, 1.54) is 35.7 Å². The van der Waals surface area contributed by atoms with Crippen molar-refractivity contribution in [2.45, 2.75) is 62.9 Å². The Morgan fingerprint density at radius 1 is 1.20 bits per heavy atom. The van der Waals surface area contributed by atoms with Gasteiger partial charge in [0.25, 0.3) is 0 Å². The standard InChI is InChI=1S/C23H34N4O7S/c1-13(28)19(21(31)25-17(23(33)34)9-11-35-2)26-20(30)18-4-3-10-27(18)22(32)16(24)12-14-5-7-15(29)8-6-14/h5-8,13,16-19,28-29H,3-4,9-12,24H2,1-2H3,(H,25,31)(H,26,30)(H,33,34). The van der Waals surface area contributed by atoms with Crippen LogP contribution in [0.25, 0.3) is 0 Å². The lowest BCUT2D eigenvalue weighted by Crippen LogP contribution is -2.59. The summed E-state index contributed by atoms with van der Waals surface area (Å²) in [6, 6.07) is 1.99. The van der Waals surface area contributed by atoms with Crippen molar-refractivity contribution >= 4 is 35.5 Å². The molecule has 1 aliphatic rings. The first-order chi connectivity index (χ1) is 16.5. The summed E-state index contributed by atoms with van der Waals surface area (Å²) in [5.41, 5.74) is 6.86. The number of aliphatic hydroxyl groups excluding tert-OH is 1. The summed E-state index contributed by atoms with van der Waals surface area (Å²) in [7, 11) is 0. The second-order valence-electron chi connectivity index (χ2n) is 8.57. The van der Waals surface area contributed by atoms with Crippen LogP contribution in [0.4, 0.5) is 0 Å². The van der Waals surface area contributed by atoms with Gasteiger partial charge < -0.3 is 36.6 Å². The molecule has 0 saturated carbocycles. The number of carboxylic acids is 1. The third kappa shape index (κ3) is 8.11. The van der Waals surface area contributed by atoms with Gasteiger partial charge in [0.05, 0.1) is 12.1 Å². The number of phenolic OH excluding ortho intramolecular Hbond substituents is 1. The Morgan fingerprint density at radius 3 is 2.43 bits per heavy atom. The van der Waals surface area contributed by atoms with Crippen LogP contribution < -0.4 is 16.4 Å². The van der Waals surface area contributed by atoms with E-state index in [-0.39, 0.29) is 18.6 Å². The first kappa shape index (κ1) is 28.4. The Morgan fingerprint density at radius 2 is 1.86 bits per heavy atom. The van der Waals surface area contributed by atoms with Crippen molar-refractivity contribution in [3.05, 3.63) is 29.8 Å². The van der Waals surface area contributed by atoms with E-state index in [0.717, 1.165) is 5.56 Å². The van der Waals surface area contributed by atoms with Crippen LogP contribution in [0.1, 0.15) is 31.7 Å². The third-order valence-corrected chi connectivity index (χ3v) is 6.48. The predicted octanol–water partition coefficient (Wildman–Crippen LogP) is -0.559. The van der Waals surface area contributed by atoms with Gasteiger partial charge in [-0.25, -0.2) is 4.79 Å². The highest BCUT2D eigenvalue weighted by Gasteiger charge is 2.38. The van der Waals surface area contributed by atoms with E-state index in [4.69, 9.17) is 5.73 Å². The molecule has 5 atom stereocenters. The molecule has 3 amide bonds. The van der Waals surface area contributed by atoms with Crippen LogP contribution in [0.3, 0.4) is 0 Å². The molecule has 1 fully saturated rings. The Balaban J connectivity index is 2.04. The highest BCUT2D eigenvalue weighted by molar-refractivity contribution is 7.98. The minimum Gasteiger partial charge on any atom is -0.508 e. The van der Waals surface area contributed by atoms with E-state index in [0.29, 0.717) is 25.1 Å². The van der Waals surface area contributed by atoms with Crippen molar-refractivity contribution in [2.24, 2.45) is 5.73 Å². The monoisotopic (exact) mass is 510 g/mol. The van der Waals surface area contributed by atoms with Crippen LogP contribution in [-0.4, -0.2) is 92.7 Å². The number of likely N-dealkylation sites (tertiary alicyclic amines) is 1. The molecule has 11 nitrogen and oxygen atoms in total. The number of aromatic hydroxyl groups is 1. The number of carboxylic acid groups (broad SMARTS) is 1. The van der Waals surface area contributed by atoms with E-state index in [1.807, 2.05) is 6.26 Å². The van der Waals surface area contributed by atoms with Crippen molar-refractivity contribution in [1.29, 1.82) is 0 Å².